The first-order chi connectivity index (χ1) is 11.6. The van der Waals surface area contributed by atoms with Crippen LogP contribution in [0.15, 0.2) is 41.0 Å². The van der Waals surface area contributed by atoms with Gasteiger partial charge in [0.05, 0.1) is 0 Å². The average molecular weight is 388 g/mol. The van der Waals surface area contributed by atoms with Gasteiger partial charge in [0.1, 0.15) is 5.69 Å². The topological polar surface area (TPSA) is 54.0 Å². The van der Waals surface area contributed by atoms with Crippen molar-refractivity contribution in [3.8, 4) is 0 Å². The molecular formula is C19H22BrN3O. The summed E-state index contributed by atoms with van der Waals surface area (Å²) in [5.41, 5.74) is 3.21. The zero-order valence-corrected chi connectivity index (χ0v) is 15.4. The van der Waals surface area contributed by atoms with Crippen LogP contribution in [0.1, 0.15) is 48.2 Å². The standard InChI is InChI=1S/C19H22BrN3O/c1-13-11-14(20)7-8-17(13)23-19(24)18-12-16(9-10-21-18)22-15-5-3-2-4-6-15/h7-12,15H,2-6H2,1H3,(H,21,22)(H,23,24). The summed E-state index contributed by atoms with van der Waals surface area (Å²) < 4.78 is 0.995. The van der Waals surface area contributed by atoms with Crippen LogP contribution < -0.4 is 10.6 Å². The Morgan fingerprint density at radius 3 is 2.71 bits per heavy atom. The first-order valence-corrected chi connectivity index (χ1v) is 9.21. The fourth-order valence-electron chi connectivity index (χ4n) is 3.08. The summed E-state index contributed by atoms with van der Waals surface area (Å²) in [5, 5.41) is 6.47. The van der Waals surface area contributed by atoms with E-state index < -0.39 is 0 Å². The third kappa shape index (κ3) is 4.35. The van der Waals surface area contributed by atoms with Gasteiger partial charge in [-0.1, -0.05) is 35.2 Å². The summed E-state index contributed by atoms with van der Waals surface area (Å²) in [6, 6.07) is 10.0. The zero-order chi connectivity index (χ0) is 16.9. The molecule has 0 bridgehead atoms. The van der Waals surface area contributed by atoms with E-state index in [1.807, 2.05) is 37.3 Å². The van der Waals surface area contributed by atoms with Crippen LogP contribution in [0.4, 0.5) is 11.4 Å². The molecule has 24 heavy (non-hydrogen) atoms. The molecule has 4 nitrogen and oxygen atoms in total. The van der Waals surface area contributed by atoms with Gasteiger partial charge in [0.15, 0.2) is 0 Å². The van der Waals surface area contributed by atoms with Crippen LogP contribution in [0.5, 0.6) is 0 Å². The van der Waals surface area contributed by atoms with Crippen LogP contribution in [-0.2, 0) is 0 Å². The van der Waals surface area contributed by atoms with Crippen LogP contribution in [0.3, 0.4) is 0 Å². The van der Waals surface area contributed by atoms with Crippen LogP contribution in [0.2, 0.25) is 0 Å². The number of carbonyl (C=O) groups is 1. The number of aryl methyl sites for hydroxylation is 1. The highest BCUT2D eigenvalue weighted by atomic mass is 79.9. The highest BCUT2D eigenvalue weighted by molar-refractivity contribution is 9.10. The zero-order valence-electron chi connectivity index (χ0n) is 13.8. The predicted octanol–water partition coefficient (Wildman–Crippen LogP) is 5.15. The van der Waals surface area contributed by atoms with E-state index >= 15 is 0 Å². The van der Waals surface area contributed by atoms with Crippen molar-refractivity contribution in [2.75, 3.05) is 10.6 Å². The molecule has 0 atom stereocenters. The SMILES string of the molecule is Cc1cc(Br)ccc1NC(=O)c1cc(NC2CCCCC2)ccn1. The lowest BCUT2D eigenvalue weighted by Gasteiger charge is -2.23. The first-order valence-electron chi connectivity index (χ1n) is 8.42. The number of amides is 1. The quantitative estimate of drug-likeness (QED) is 0.762. The molecule has 1 aromatic carbocycles. The Morgan fingerprint density at radius 1 is 1.17 bits per heavy atom. The summed E-state index contributed by atoms with van der Waals surface area (Å²) >= 11 is 3.43. The molecule has 1 saturated carbocycles. The van der Waals surface area contributed by atoms with Crippen LogP contribution in [0, 0.1) is 6.92 Å². The number of rotatable bonds is 4. The van der Waals surface area contributed by atoms with Crippen molar-refractivity contribution >= 4 is 33.2 Å². The Kier molecular flexibility index (Phi) is 5.51. The smallest absolute Gasteiger partial charge is 0.274 e. The van der Waals surface area contributed by atoms with E-state index in [0.717, 1.165) is 21.4 Å². The van der Waals surface area contributed by atoms with E-state index in [0.29, 0.717) is 11.7 Å². The lowest BCUT2D eigenvalue weighted by molar-refractivity contribution is 0.102. The number of hydrogen-bond acceptors (Lipinski definition) is 3. The summed E-state index contributed by atoms with van der Waals surface area (Å²) in [6.45, 7) is 1.97. The van der Waals surface area contributed by atoms with Crippen molar-refractivity contribution < 1.29 is 4.79 Å². The molecule has 2 N–H and O–H groups in total. The maximum absolute atomic E-state index is 12.5. The second-order valence-corrected chi connectivity index (χ2v) is 7.24. The molecule has 0 saturated heterocycles. The molecule has 1 aliphatic rings. The van der Waals surface area contributed by atoms with E-state index in [9.17, 15) is 4.79 Å². The maximum Gasteiger partial charge on any atom is 0.274 e. The van der Waals surface area contributed by atoms with Gasteiger partial charge in [0.2, 0.25) is 0 Å². The molecule has 1 fully saturated rings. The van der Waals surface area contributed by atoms with Crippen LogP contribution in [-0.4, -0.2) is 16.9 Å². The van der Waals surface area contributed by atoms with E-state index in [1.54, 1.807) is 6.20 Å². The van der Waals surface area contributed by atoms with Gasteiger partial charge in [-0.25, -0.2) is 0 Å². The average Bonchev–Trinajstić information content (AvgIpc) is 2.58. The van der Waals surface area contributed by atoms with Crippen LogP contribution in [0.25, 0.3) is 0 Å². The molecule has 126 valence electrons. The number of benzene rings is 1. The van der Waals surface area contributed by atoms with Crippen molar-refractivity contribution in [3.63, 3.8) is 0 Å². The fraction of sp³-hybridized carbons (Fsp3) is 0.368. The number of carbonyl (C=O) groups excluding carboxylic acids is 1. The summed E-state index contributed by atoms with van der Waals surface area (Å²) in [5.74, 6) is -0.187. The van der Waals surface area contributed by atoms with Gasteiger partial charge in [-0.2, -0.15) is 0 Å². The minimum atomic E-state index is -0.187. The minimum Gasteiger partial charge on any atom is -0.382 e. The number of aromatic nitrogens is 1. The Balaban J connectivity index is 1.69. The highest BCUT2D eigenvalue weighted by Gasteiger charge is 2.14. The molecule has 1 aliphatic carbocycles. The Labute approximate surface area is 151 Å². The molecule has 5 heteroatoms. The molecule has 0 unspecified atom stereocenters. The molecule has 1 amide bonds. The lowest BCUT2D eigenvalue weighted by Crippen LogP contribution is -2.22. The van der Waals surface area contributed by atoms with Gasteiger partial charge in [0.25, 0.3) is 5.91 Å². The van der Waals surface area contributed by atoms with E-state index in [1.165, 1.54) is 32.1 Å². The molecule has 3 rings (SSSR count). The van der Waals surface area contributed by atoms with Crippen molar-refractivity contribution in [2.45, 2.75) is 45.1 Å². The number of anilines is 2. The molecular weight excluding hydrogens is 366 g/mol. The lowest BCUT2D eigenvalue weighted by atomic mass is 9.95. The molecule has 0 aliphatic heterocycles. The van der Waals surface area contributed by atoms with Gasteiger partial charge >= 0.3 is 0 Å². The molecule has 2 aromatic rings. The Bertz CT molecular complexity index is 726. The predicted molar refractivity (Wildman–Crippen MR) is 102 cm³/mol. The van der Waals surface area contributed by atoms with E-state index in [2.05, 4.69) is 31.5 Å². The van der Waals surface area contributed by atoms with E-state index in [4.69, 9.17) is 0 Å². The molecule has 1 heterocycles. The van der Waals surface area contributed by atoms with E-state index in [-0.39, 0.29) is 5.91 Å². The largest absolute Gasteiger partial charge is 0.382 e. The number of hydrogen-bond donors (Lipinski definition) is 2. The van der Waals surface area contributed by atoms with Gasteiger partial charge < -0.3 is 10.6 Å². The van der Waals surface area contributed by atoms with Gasteiger partial charge in [-0.15, -0.1) is 0 Å². The van der Waals surface area contributed by atoms with Crippen molar-refractivity contribution in [3.05, 3.63) is 52.3 Å². The van der Waals surface area contributed by atoms with Gasteiger partial charge in [0, 0.05) is 28.1 Å². The minimum absolute atomic E-state index is 0.187. The second kappa shape index (κ2) is 7.79. The fourth-order valence-corrected chi connectivity index (χ4v) is 3.56. The highest BCUT2D eigenvalue weighted by Crippen LogP contribution is 2.23. The van der Waals surface area contributed by atoms with Crippen molar-refractivity contribution in [2.24, 2.45) is 0 Å². The van der Waals surface area contributed by atoms with Crippen molar-refractivity contribution in [1.29, 1.82) is 0 Å². The number of pyridine rings is 1. The van der Waals surface area contributed by atoms with Crippen LogP contribution >= 0.6 is 15.9 Å². The maximum atomic E-state index is 12.5. The molecule has 1 aromatic heterocycles. The monoisotopic (exact) mass is 387 g/mol. The third-order valence-electron chi connectivity index (χ3n) is 4.41. The summed E-state index contributed by atoms with van der Waals surface area (Å²) in [4.78, 5) is 16.7. The normalized spacial score (nSPS) is 15.1. The number of nitrogens with one attached hydrogen (secondary N) is 2. The summed E-state index contributed by atoms with van der Waals surface area (Å²) in [6.07, 6.45) is 7.96. The molecule has 0 radical (unpaired) electrons. The van der Waals surface area contributed by atoms with Gasteiger partial charge in [-0.05, 0) is 55.7 Å². The number of halogens is 1. The summed E-state index contributed by atoms with van der Waals surface area (Å²) in [7, 11) is 0. The number of nitrogens with zero attached hydrogens (tertiary/aromatic N) is 1. The second-order valence-electron chi connectivity index (χ2n) is 6.32. The Hall–Kier alpha value is -1.88. The Morgan fingerprint density at radius 2 is 1.96 bits per heavy atom. The third-order valence-corrected chi connectivity index (χ3v) is 4.90. The first kappa shape index (κ1) is 17.0. The van der Waals surface area contributed by atoms with Gasteiger partial charge in [-0.3, -0.25) is 9.78 Å². The molecule has 0 spiro atoms. The van der Waals surface area contributed by atoms with Crippen molar-refractivity contribution in [1.82, 2.24) is 4.98 Å².